The van der Waals surface area contributed by atoms with Crippen LogP contribution in [0.5, 0.6) is 0 Å². The molecule has 0 aliphatic heterocycles. The van der Waals surface area contributed by atoms with E-state index in [1.54, 1.807) is 19.1 Å². The molecular formula is C12H15BrN2O3. The van der Waals surface area contributed by atoms with E-state index in [9.17, 15) is 9.59 Å². The van der Waals surface area contributed by atoms with Gasteiger partial charge in [-0.05, 0) is 18.2 Å². The number of urea groups is 1. The summed E-state index contributed by atoms with van der Waals surface area (Å²) in [6.45, 7) is 1.91. The van der Waals surface area contributed by atoms with Crippen LogP contribution in [0.3, 0.4) is 0 Å². The van der Waals surface area contributed by atoms with E-state index in [2.05, 4.69) is 31.3 Å². The Labute approximate surface area is 114 Å². The molecule has 1 rings (SSSR count). The number of ether oxygens (including phenoxy) is 1. The summed E-state index contributed by atoms with van der Waals surface area (Å²) in [5.41, 5.74) is 0.674. The van der Waals surface area contributed by atoms with E-state index < -0.39 is 0 Å². The van der Waals surface area contributed by atoms with Crippen molar-refractivity contribution in [3.63, 3.8) is 0 Å². The van der Waals surface area contributed by atoms with Gasteiger partial charge in [0.1, 0.15) is 0 Å². The largest absolute Gasteiger partial charge is 0.469 e. The average Bonchev–Trinajstić information content (AvgIpc) is 2.35. The molecule has 0 aliphatic rings. The number of anilines is 1. The maximum Gasteiger partial charge on any atom is 0.319 e. The standard InChI is InChI=1S/C12H15BrN2O3/c1-8(11(16)18-2)7-14-12(17)15-10-5-3-4-9(13)6-10/h3-6,8H,7H2,1-2H3,(H2,14,15,17). The van der Waals surface area contributed by atoms with Crippen molar-refractivity contribution in [1.29, 1.82) is 0 Å². The first-order valence-electron chi connectivity index (χ1n) is 5.41. The summed E-state index contributed by atoms with van der Waals surface area (Å²) in [7, 11) is 1.32. The molecule has 0 spiro atoms. The zero-order valence-electron chi connectivity index (χ0n) is 10.2. The van der Waals surface area contributed by atoms with Gasteiger partial charge < -0.3 is 15.4 Å². The van der Waals surface area contributed by atoms with Crippen molar-refractivity contribution < 1.29 is 14.3 Å². The quantitative estimate of drug-likeness (QED) is 0.838. The number of hydrogen-bond acceptors (Lipinski definition) is 3. The molecule has 2 N–H and O–H groups in total. The summed E-state index contributed by atoms with van der Waals surface area (Å²) in [6.07, 6.45) is 0. The molecule has 0 aromatic heterocycles. The lowest BCUT2D eigenvalue weighted by molar-refractivity contribution is -0.144. The zero-order chi connectivity index (χ0) is 13.5. The first-order valence-corrected chi connectivity index (χ1v) is 6.20. The number of nitrogens with one attached hydrogen (secondary N) is 2. The molecule has 1 atom stereocenters. The van der Waals surface area contributed by atoms with Gasteiger partial charge in [0.2, 0.25) is 0 Å². The van der Waals surface area contributed by atoms with Gasteiger partial charge in [0.25, 0.3) is 0 Å². The van der Waals surface area contributed by atoms with Crippen molar-refractivity contribution in [2.24, 2.45) is 5.92 Å². The Bertz CT molecular complexity index is 437. The number of amides is 2. The molecule has 0 saturated carbocycles. The van der Waals surface area contributed by atoms with Crippen LogP contribution >= 0.6 is 15.9 Å². The second kappa shape index (κ2) is 7.00. The number of hydrogen-bond donors (Lipinski definition) is 2. The summed E-state index contributed by atoms with van der Waals surface area (Å²) < 4.78 is 5.44. The second-order valence-corrected chi connectivity index (χ2v) is 4.69. The summed E-state index contributed by atoms with van der Waals surface area (Å²) >= 11 is 3.31. The van der Waals surface area contributed by atoms with Gasteiger partial charge in [-0.1, -0.05) is 28.9 Å². The Morgan fingerprint density at radius 2 is 2.17 bits per heavy atom. The molecule has 2 amide bonds. The fraction of sp³-hybridized carbons (Fsp3) is 0.333. The molecule has 6 heteroatoms. The van der Waals surface area contributed by atoms with Crippen LogP contribution < -0.4 is 10.6 Å². The molecule has 98 valence electrons. The van der Waals surface area contributed by atoms with Gasteiger partial charge in [0.05, 0.1) is 13.0 Å². The summed E-state index contributed by atoms with van der Waals surface area (Å²) in [4.78, 5) is 22.7. The third-order valence-corrected chi connectivity index (χ3v) is 2.75. The summed E-state index contributed by atoms with van der Waals surface area (Å²) in [6, 6.07) is 6.88. The monoisotopic (exact) mass is 314 g/mol. The van der Waals surface area contributed by atoms with Gasteiger partial charge in [0, 0.05) is 16.7 Å². The Kier molecular flexibility index (Phi) is 5.64. The van der Waals surface area contributed by atoms with Crippen molar-refractivity contribution in [2.75, 3.05) is 19.0 Å². The van der Waals surface area contributed by atoms with E-state index in [1.807, 2.05) is 12.1 Å². The van der Waals surface area contributed by atoms with Crippen molar-refractivity contribution in [2.45, 2.75) is 6.92 Å². The van der Waals surface area contributed by atoms with E-state index in [-0.39, 0.29) is 24.5 Å². The minimum Gasteiger partial charge on any atom is -0.469 e. The van der Waals surface area contributed by atoms with E-state index in [1.165, 1.54) is 7.11 Å². The van der Waals surface area contributed by atoms with Gasteiger partial charge in [-0.2, -0.15) is 0 Å². The molecule has 0 bridgehead atoms. The first kappa shape index (κ1) is 14.5. The van der Waals surface area contributed by atoms with E-state index in [4.69, 9.17) is 0 Å². The third-order valence-electron chi connectivity index (χ3n) is 2.25. The lowest BCUT2D eigenvalue weighted by atomic mass is 10.2. The first-order chi connectivity index (χ1) is 8.52. The second-order valence-electron chi connectivity index (χ2n) is 3.77. The van der Waals surface area contributed by atoms with Crippen LogP contribution in [0.25, 0.3) is 0 Å². The Morgan fingerprint density at radius 1 is 1.44 bits per heavy atom. The van der Waals surface area contributed by atoms with Crippen molar-refractivity contribution >= 4 is 33.6 Å². The molecular weight excluding hydrogens is 300 g/mol. The van der Waals surface area contributed by atoms with Crippen LogP contribution in [0.4, 0.5) is 10.5 Å². The van der Waals surface area contributed by atoms with Crippen LogP contribution in [0.2, 0.25) is 0 Å². The molecule has 5 nitrogen and oxygen atoms in total. The molecule has 1 aromatic carbocycles. The average molecular weight is 315 g/mol. The number of methoxy groups -OCH3 is 1. The van der Waals surface area contributed by atoms with Gasteiger partial charge in [-0.25, -0.2) is 4.79 Å². The number of carbonyl (C=O) groups excluding carboxylic acids is 2. The predicted octanol–water partition coefficient (Wildman–Crippen LogP) is 2.38. The SMILES string of the molecule is COC(=O)C(C)CNC(=O)Nc1cccc(Br)c1. The highest BCUT2D eigenvalue weighted by Crippen LogP contribution is 2.15. The zero-order valence-corrected chi connectivity index (χ0v) is 11.8. The van der Waals surface area contributed by atoms with Crippen LogP contribution in [0.15, 0.2) is 28.7 Å². The Hall–Kier alpha value is -1.56. The minimum absolute atomic E-state index is 0.229. The predicted molar refractivity (Wildman–Crippen MR) is 72.3 cm³/mol. The lowest BCUT2D eigenvalue weighted by Crippen LogP contribution is -2.35. The lowest BCUT2D eigenvalue weighted by Gasteiger charge is -2.11. The molecule has 0 fully saturated rings. The van der Waals surface area contributed by atoms with Gasteiger partial charge in [0.15, 0.2) is 0 Å². The summed E-state index contributed by atoms with van der Waals surface area (Å²) in [5.74, 6) is -0.721. The molecule has 0 radical (unpaired) electrons. The number of halogens is 1. The van der Waals surface area contributed by atoms with Crippen LogP contribution in [-0.2, 0) is 9.53 Å². The van der Waals surface area contributed by atoms with Gasteiger partial charge in [-0.3, -0.25) is 4.79 Å². The van der Waals surface area contributed by atoms with Crippen LogP contribution in [-0.4, -0.2) is 25.7 Å². The van der Waals surface area contributed by atoms with Crippen LogP contribution in [0.1, 0.15) is 6.92 Å². The fourth-order valence-corrected chi connectivity index (χ4v) is 1.67. The maximum absolute atomic E-state index is 11.5. The number of rotatable bonds is 4. The highest BCUT2D eigenvalue weighted by Gasteiger charge is 2.13. The van der Waals surface area contributed by atoms with E-state index in [0.717, 1.165) is 4.47 Å². The van der Waals surface area contributed by atoms with Gasteiger partial charge >= 0.3 is 12.0 Å². The molecule has 18 heavy (non-hydrogen) atoms. The number of esters is 1. The van der Waals surface area contributed by atoms with Gasteiger partial charge in [-0.15, -0.1) is 0 Å². The molecule has 0 saturated heterocycles. The van der Waals surface area contributed by atoms with Crippen LogP contribution in [0, 0.1) is 5.92 Å². The highest BCUT2D eigenvalue weighted by atomic mass is 79.9. The van der Waals surface area contributed by atoms with E-state index >= 15 is 0 Å². The third kappa shape index (κ3) is 4.75. The maximum atomic E-state index is 11.5. The van der Waals surface area contributed by atoms with Crippen molar-refractivity contribution in [3.8, 4) is 0 Å². The molecule has 1 aromatic rings. The Morgan fingerprint density at radius 3 is 2.78 bits per heavy atom. The smallest absolute Gasteiger partial charge is 0.319 e. The van der Waals surface area contributed by atoms with E-state index in [0.29, 0.717) is 5.69 Å². The molecule has 1 unspecified atom stereocenters. The Balaban J connectivity index is 2.41. The van der Waals surface area contributed by atoms with Crippen molar-refractivity contribution in [1.82, 2.24) is 5.32 Å². The number of carbonyl (C=O) groups is 2. The summed E-state index contributed by atoms with van der Waals surface area (Å²) in [5, 5.41) is 5.26. The number of benzene rings is 1. The van der Waals surface area contributed by atoms with Crippen molar-refractivity contribution in [3.05, 3.63) is 28.7 Å². The molecule has 0 heterocycles. The normalized spacial score (nSPS) is 11.5. The minimum atomic E-state index is -0.372. The highest BCUT2D eigenvalue weighted by molar-refractivity contribution is 9.10. The molecule has 0 aliphatic carbocycles. The fourth-order valence-electron chi connectivity index (χ4n) is 1.27. The topological polar surface area (TPSA) is 67.4 Å².